The van der Waals surface area contributed by atoms with Crippen LogP contribution in [0.5, 0.6) is 0 Å². The van der Waals surface area contributed by atoms with Gasteiger partial charge in [0.2, 0.25) is 0 Å². The molecule has 17 heavy (non-hydrogen) atoms. The first-order valence-corrected chi connectivity index (χ1v) is 5.65. The Bertz CT molecular complexity index is 432. The number of nitriles is 1. The van der Waals surface area contributed by atoms with E-state index in [2.05, 4.69) is 6.07 Å². The lowest BCUT2D eigenvalue weighted by atomic mass is 9.89. The highest BCUT2D eigenvalue weighted by Gasteiger charge is 2.23. The van der Waals surface area contributed by atoms with Crippen molar-refractivity contribution in [2.45, 2.75) is 20.3 Å². The molecule has 1 atom stereocenters. The third-order valence-corrected chi connectivity index (χ3v) is 2.82. The molecule has 0 saturated carbocycles. The zero-order chi connectivity index (χ0) is 12.8. The van der Waals surface area contributed by atoms with E-state index in [4.69, 9.17) is 10.00 Å². The molecule has 0 radical (unpaired) electrons. The summed E-state index contributed by atoms with van der Waals surface area (Å²) < 4.78 is 4.80. The van der Waals surface area contributed by atoms with Crippen molar-refractivity contribution < 1.29 is 9.53 Å². The highest BCUT2D eigenvalue weighted by Crippen LogP contribution is 2.19. The molecule has 90 valence electrons. The highest BCUT2D eigenvalue weighted by molar-refractivity contribution is 5.73. The van der Waals surface area contributed by atoms with Gasteiger partial charge in [-0.3, -0.25) is 4.79 Å². The van der Waals surface area contributed by atoms with Crippen LogP contribution in [0.15, 0.2) is 24.3 Å². The molecule has 0 aliphatic heterocycles. The summed E-state index contributed by atoms with van der Waals surface area (Å²) in [5, 5.41) is 8.82. The van der Waals surface area contributed by atoms with Crippen LogP contribution in [-0.2, 0) is 16.0 Å². The average Bonchev–Trinajstić information content (AvgIpc) is 2.35. The Morgan fingerprint density at radius 3 is 2.71 bits per heavy atom. The zero-order valence-electron chi connectivity index (χ0n) is 10.4. The molecule has 0 saturated heterocycles. The largest absolute Gasteiger partial charge is 0.469 e. The molecule has 1 rings (SSSR count). The summed E-state index contributed by atoms with van der Waals surface area (Å²) >= 11 is 0. The molecule has 0 heterocycles. The highest BCUT2D eigenvalue weighted by atomic mass is 16.5. The fraction of sp³-hybridized carbons (Fsp3) is 0.429. The van der Waals surface area contributed by atoms with E-state index in [1.54, 1.807) is 6.07 Å². The molecule has 0 aliphatic rings. The molecule has 0 aromatic heterocycles. The minimum Gasteiger partial charge on any atom is -0.469 e. The van der Waals surface area contributed by atoms with Gasteiger partial charge in [-0.15, -0.1) is 0 Å². The van der Waals surface area contributed by atoms with Crippen LogP contribution in [0.4, 0.5) is 0 Å². The predicted molar refractivity (Wildman–Crippen MR) is 65.2 cm³/mol. The molecule has 0 spiro atoms. The summed E-state index contributed by atoms with van der Waals surface area (Å²) in [7, 11) is 1.41. The first kappa shape index (κ1) is 13.2. The zero-order valence-corrected chi connectivity index (χ0v) is 10.4. The number of methoxy groups -OCH3 is 1. The van der Waals surface area contributed by atoms with Gasteiger partial charge in [-0.25, -0.2) is 0 Å². The SMILES string of the molecule is COC(=O)C(Cc1cccc(C#N)c1)C(C)C. The average molecular weight is 231 g/mol. The topological polar surface area (TPSA) is 50.1 Å². The van der Waals surface area contributed by atoms with Crippen LogP contribution in [-0.4, -0.2) is 13.1 Å². The van der Waals surface area contributed by atoms with Gasteiger partial charge in [-0.05, 0) is 30.0 Å². The van der Waals surface area contributed by atoms with E-state index in [9.17, 15) is 4.79 Å². The van der Waals surface area contributed by atoms with E-state index in [1.807, 2.05) is 32.0 Å². The third-order valence-electron chi connectivity index (χ3n) is 2.82. The van der Waals surface area contributed by atoms with Gasteiger partial charge in [0, 0.05) is 0 Å². The van der Waals surface area contributed by atoms with Crippen LogP contribution in [0.1, 0.15) is 25.0 Å². The third kappa shape index (κ3) is 3.60. The van der Waals surface area contributed by atoms with E-state index >= 15 is 0 Å². The van der Waals surface area contributed by atoms with Gasteiger partial charge in [0.05, 0.1) is 24.7 Å². The van der Waals surface area contributed by atoms with Crippen LogP contribution >= 0.6 is 0 Å². The number of ether oxygens (including phenoxy) is 1. The van der Waals surface area contributed by atoms with Crippen molar-refractivity contribution in [3.8, 4) is 6.07 Å². The molecule has 1 unspecified atom stereocenters. The molecule has 0 amide bonds. The van der Waals surface area contributed by atoms with E-state index in [-0.39, 0.29) is 17.8 Å². The van der Waals surface area contributed by atoms with E-state index in [0.717, 1.165) is 5.56 Å². The number of hydrogen-bond acceptors (Lipinski definition) is 3. The van der Waals surface area contributed by atoms with E-state index < -0.39 is 0 Å². The van der Waals surface area contributed by atoms with Crippen LogP contribution < -0.4 is 0 Å². The fourth-order valence-electron chi connectivity index (χ4n) is 1.76. The summed E-state index contributed by atoms with van der Waals surface area (Å²) in [4.78, 5) is 11.6. The van der Waals surface area contributed by atoms with Crippen molar-refractivity contribution in [1.29, 1.82) is 5.26 Å². The summed E-state index contributed by atoms with van der Waals surface area (Å²) in [6.45, 7) is 3.99. The number of rotatable bonds is 4. The first-order chi connectivity index (χ1) is 8.08. The van der Waals surface area contributed by atoms with Crippen LogP contribution in [0.3, 0.4) is 0 Å². The number of benzene rings is 1. The second kappa shape index (κ2) is 6.05. The minimum atomic E-state index is -0.192. The van der Waals surface area contributed by atoms with Crippen LogP contribution in [0.25, 0.3) is 0 Å². The summed E-state index contributed by atoms with van der Waals surface area (Å²) in [5.74, 6) is -0.135. The van der Waals surface area contributed by atoms with Gasteiger partial charge in [0.15, 0.2) is 0 Å². The number of nitrogens with zero attached hydrogens (tertiary/aromatic N) is 1. The number of hydrogen-bond donors (Lipinski definition) is 0. The molecular formula is C14H17NO2. The summed E-state index contributed by atoms with van der Waals surface area (Å²) in [6, 6.07) is 9.44. The minimum absolute atomic E-state index is 0.158. The Morgan fingerprint density at radius 1 is 1.47 bits per heavy atom. The van der Waals surface area contributed by atoms with Gasteiger partial charge in [0.1, 0.15) is 0 Å². The molecule has 0 bridgehead atoms. The monoisotopic (exact) mass is 231 g/mol. The summed E-state index contributed by atoms with van der Waals surface area (Å²) in [5.41, 5.74) is 1.61. The van der Waals surface area contributed by atoms with Gasteiger partial charge >= 0.3 is 5.97 Å². The Labute approximate surface area is 102 Å². The normalized spacial score (nSPS) is 11.9. The second-order valence-corrected chi connectivity index (χ2v) is 4.39. The summed E-state index contributed by atoms with van der Waals surface area (Å²) in [6.07, 6.45) is 0.611. The molecule has 0 fully saturated rings. The molecule has 0 N–H and O–H groups in total. The Balaban J connectivity index is 2.86. The van der Waals surface area contributed by atoms with Crippen molar-refractivity contribution in [3.63, 3.8) is 0 Å². The number of carbonyl (C=O) groups is 1. The quantitative estimate of drug-likeness (QED) is 0.748. The maximum Gasteiger partial charge on any atom is 0.309 e. The molecule has 1 aromatic carbocycles. The fourth-order valence-corrected chi connectivity index (χ4v) is 1.76. The smallest absolute Gasteiger partial charge is 0.309 e. The Kier molecular flexibility index (Phi) is 4.71. The van der Waals surface area contributed by atoms with Gasteiger partial charge in [-0.2, -0.15) is 5.26 Å². The maximum absolute atomic E-state index is 11.6. The number of carbonyl (C=O) groups excluding carboxylic acids is 1. The molecule has 3 heteroatoms. The Hall–Kier alpha value is -1.82. The van der Waals surface area contributed by atoms with E-state index in [1.165, 1.54) is 7.11 Å². The number of esters is 1. The van der Waals surface area contributed by atoms with Gasteiger partial charge in [-0.1, -0.05) is 26.0 Å². The lowest BCUT2D eigenvalue weighted by Gasteiger charge is -2.18. The molecule has 3 nitrogen and oxygen atoms in total. The van der Waals surface area contributed by atoms with Crippen molar-refractivity contribution in [2.24, 2.45) is 11.8 Å². The van der Waals surface area contributed by atoms with Crippen molar-refractivity contribution >= 4 is 5.97 Å². The Morgan fingerprint density at radius 2 is 2.18 bits per heavy atom. The lowest BCUT2D eigenvalue weighted by Crippen LogP contribution is -2.23. The van der Waals surface area contributed by atoms with Crippen molar-refractivity contribution in [2.75, 3.05) is 7.11 Å². The van der Waals surface area contributed by atoms with Gasteiger partial charge < -0.3 is 4.74 Å². The van der Waals surface area contributed by atoms with Gasteiger partial charge in [0.25, 0.3) is 0 Å². The standard InChI is InChI=1S/C14H17NO2/c1-10(2)13(14(16)17-3)8-11-5-4-6-12(7-11)9-15/h4-7,10,13H,8H2,1-3H3. The predicted octanol–water partition coefficient (Wildman–Crippen LogP) is 2.55. The first-order valence-electron chi connectivity index (χ1n) is 5.65. The molecular weight excluding hydrogens is 214 g/mol. The van der Waals surface area contributed by atoms with Crippen molar-refractivity contribution in [3.05, 3.63) is 35.4 Å². The second-order valence-electron chi connectivity index (χ2n) is 4.39. The maximum atomic E-state index is 11.6. The van der Waals surface area contributed by atoms with E-state index in [0.29, 0.717) is 12.0 Å². The van der Waals surface area contributed by atoms with Crippen molar-refractivity contribution in [1.82, 2.24) is 0 Å². The molecule has 1 aromatic rings. The lowest BCUT2D eigenvalue weighted by molar-refractivity contribution is -0.146. The molecule has 0 aliphatic carbocycles. The van der Waals surface area contributed by atoms with Crippen LogP contribution in [0.2, 0.25) is 0 Å². The van der Waals surface area contributed by atoms with Crippen LogP contribution in [0, 0.1) is 23.2 Å².